The van der Waals surface area contributed by atoms with E-state index in [0.29, 0.717) is 32.8 Å². The van der Waals surface area contributed by atoms with Crippen molar-refractivity contribution in [3.05, 3.63) is 52.4 Å². The van der Waals surface area contributed by atoms with Gasteiger partial charge < -0.3 is 14.8 Å². The Morgan fingerprint density at radius 3 is 2.75 bits per heavy atom. The molecule has 0 unspecified atom stereocenters. The molecule has 2 heterocycles. The molecule has 0 saturated carbocycles. The molecule has 0 fully saturated rings. The maximum absolute atomic E-state index is 12.6. The number of nitrogens with one attached hydrogen (secondary N) is 1. The Bertz CT molecular complexity index is 911. The molecule has 0 saturated heterocycles. The first-order valence-electron chi connectivity index (χ1n) is 7.00. The minimum atomic E-state index is -0.284. The second kappa shape index (κ2) is 6.10. The smallest absolute Gasteiger partial charge is 0.269 e. The number of anilines is 1. The summed E-state index contributed by atoms with van der Waals surface area (Å²) < 4.78 is 14.5. The van der Waals surface area contributed by atoms with Gasteiger partial charge in [0.15, 0.2) is 11.5 Å². The van der Waals surface area contributed by atoms with Crippen LogP contribution in [0.4, 0.5) is 5.69 Å². The Labute approximate surface area is 146 Å². The Morgan fingerprint density at radius 2 is 1.92 bits per heavy atom. The van der Waals surface area contributed by atoms with E-state index in [-0.39, 0.29) is 12.7 Å². The van der Waals surface area contributed by atoms with Crippen LogP contribution in [0.2, 0.25) is 5.02 Å². The number of fused-ring (bicyclic) bond motifs is 1. The zero-order chi connectivity index (χ0) is 16.5. The van der Waals surface area contributed by atoms with Crippen LogP contribution in [0.5, 0.6) is 11.5 Å². The number of nitrogens with zero attached hydrogens (tertiary/aromatic N) is 2. The highest BCUT2D eigenvalue weighted by Crippen LogP contribution is 2.34. The maximum Gasteiger partial charge on any atom is 0.269 e. The summed E-state index contributed by atoms with van der Waals surface area (Å²) in [7, 11) is 0. The zero-order valence-electron chi connectivity index (χ0n) is 12.2. The molecule has 24 heavy (non-hydrogen) atoms. The lowest BCUT2D eigenvalue weighted by Crippen LogP contribution is -2.11. The first-order chi connectivity index (χ1) is 11.7. The van der Waals surface area contributed by atoms with Gasteiger partial charge in [0.25, 0.3) is 5.91 Å². The van der Waals surface area contributed by atoms with Gasteiger partial charge in [-0.1, -0.05) is 28.2 Å². The lowest BCUT2D eigenvalue weighted by molar-refractivity contribution is 0.103. The predicted molar refractivity (Wildman–Crippen MR) is 90.9 cm³/mol. The predicted octanol–water partition coefficient (Wildman–Crippen LogP) is 3.84. The number of hydrogen-bond acceptors (Lipinski definition) is 6. The van der Waals surface area contributed by atoms with E-state index in [9.17, 15) is 4.79 Å². The molecule has 1 N–H and O–H groups in total. The first-order valence-corrected chi connectivity index (χ1v) is 8.15. The lowest BCUT2D eigenvalue weighted by atomic mass is 10.1. The van der Waals surface area contributed by atoms with E-state index < -0.39 is 0 Å². The van der Waals surface area contributed by atoms with Crippen molar-refractivity contribution in [2.24, 2.45) is 0 Å². The number of carbonyl (C=O) groups excluding carboxylic acids is 1. The minimum absolute atomic E-state index is 0.187. The summed E-state index contributed by atoms with van der Waals surface area (Å²) in [5.41, 5.74) is 1.92. The van der Waals surface area contributed by atoms with E-state index in [4.69, 9.17) is 21.1 Å². The Morgan fingerprint density at radius 1 is 1.12 bits per heavy atom. The normalized spacial score (nSPS) is 12.2. The number of ether oxygens (including phenoxy) is 2. The Hall–Kier alpha value is -2.64. The van der Waals surface area contributed by atoms with Crippen LogP contribution < -0.4 is 14.8 Å². The molecule has 0 radical (unpaired) electrons. The van der Waals surface area contributed by atoms with Crippen LogP contribution in [-0.4, -0.2) is 22.3 Å². The van der Waals surface area contributed by atoms with Gasteiger partial charge in [-0.05, 0) is 35.8 Å². The Balaban J connectivity index is 1.59. The fourth-order valence-corrected chi connectivity index (χ4v) is 3.01. The van der Waals surface area contributed by atoms with E-state index >= 15 is 0 Å². The second-order valence-electron chi connectivity index (χ2n) is 4.98. The lowest BCUT2D eigenvalue weighted by Gasteiger charge is -2.06. The summed E-state index contributed by atoms with van der Waals surface area (Å²) in [6.45, 7) is 0.187. The number of carbonyl (C=O) groups is 1. The van der Waals surface area contributed by atoms with E-state index in [1.807, 2.05) is 0 Å². The Kier molecular flexibility index (Phi) is 3.79. The topological polar surface area (TPSA) is 73.3 Å². The van der Waals surface area contributed by atoms with Crippen molar-refractivity contribution < 1.29 is 14.3 Å². The third-order valence-corrected chi connectivity index (χ3v) is 4.42. The first kappa shape index (κ1) is 14.9. The highest BCUT2D eigenvalue weighted by Gasteiger charge is 2.19. The molecule has 0 atom stereocenters. The van der Waals surface area contributed by atoms with Crippen molar-refractivity contribution in [1.29, 1.82) is 0 Å². The van der Waals surface area contributed by atoms with Crippen LogP contribution in [0.3, 0.4) is 0 Å². The molecular weight excluding hydrogens is 350 g/mol. The molecule has 8 heteroatoms. The number of amides is 1. The van der Waals surface area contributed by atoms with Crippen LogP contribution in [0, 0.1) is 0 Å². The van der Waals surface area contributed by atoms with Gasteiger partial charge in [0, 0.05) is 22.3 Å². The summed E-state index contributed by atoms with van der Waals surface area (Å²) >= 11 is 6.93. The molecule has 120 valence electrons. The van der Waals surface area contributed by atoms with Gasteiger partial charge in [0.1, 0.15) is 10.6 Å². The maximum atomic E-state index is 12.6. The molecule has 0 bridgehead atoms. The highest BCUT2D eigenvalue weighted by atomic mass is 35.5. The standard InChI is InChI=1S/C16H10ClN3O3S/c17-10-3-1-9(2-4-10)14-15(24-20-19-14)16(21)18-11-5-6-12-13(7-11)23-8-22-12/h1-7H,8H2,(H,18,21). The molecule has 1 aromatic heterocycles. The van der Waals surface area contributed by atoms with Gasteiger partial charge in [-0.15, -0.1) is 5.10 Å². The second-order valence-corrected chi connectivity index (χ2v) is 6.17. The van der Waals surface area contributed by atoms with E-state index in [1.54, 1.807) is 42.5 Å². The van der Waals surface area contributed by atoms with Crippen molar-refractivity contribution >= 4 is 34.7 Å². The summed E-state index contributed by atoms with van der Waals surface area (Å²) in [5, 5.41) is 7.50. The summed E-state index contributed by atoms with van der Waals surface area (Å²) in [6.07, 6.45) is 0. The average molecular weight is 360 g/mol. The van der Waals surface area contributed by atoms with Crippen LogP contribution >= 0.6 is 23.1 Å². The number of halogens is 1. The van der Waals surface area contributed by atoms with Crippen LogP contribution in [0.25, 0.3) is 11.3 Å². The van der Waals surface area contributed by atoms with Crippen molar-refractivity contribution in [1.82, 2.24) is 9.59 Å². The molecule has 2 aromatic carbocycles. The van der Waals surface area contributed by atoms with Crippen LogP contribution in [-0.2, 0) is 0 Å². The van der Waals surface area contributed by atoms with Crippen LogP contribution in [0.1, 0.15) is 9.67 Å². The van der Waals surface area contributed by atoms with Crippen molar-refractivity contribution in [2.75, 3.05) is 12.1 Å². The molecule has 1 amide bonds. The van der Waals surface area contributed by atoms with Crippen LogP contribution in [0.15, 0.2) is 42.5 Å². The molecular formula is C16H10ClN3O3S. The van der Waals surface area contributed by atoms with Crippen molar-refractivity contribution in [3.8, 4) is 22.8 Å². The fourth-order valence-electron chi connectivity index (χ4n) is 2.30. The third kappa shape index (κ3) is 2.79. The van der Waals surface area contributed by atoms with Gasteiger partial charge in [-0.2, -0.15) is 0 Å². The van der Waals surface area contributed by atoms with Gasteiger partial charge in [0.05, 0.1) is 0 Å². The quantitative estimate of drug-likeness (QED) is 0.769. The molecule has 0 aliphatic carbocycles. The molecule has 1 aliphatic heterocycles. The third-order valence-electron chi connectivity index (χ3n) is 3.44. The fraction of sp³-hybridized carbons (Fsp3) is 0.0625. The number of aromatic nitrogens is 2. The number of hydrogen-bond donors (Lipinski definition) is 1. The van der Waals surface area contributed by atoms with Gasteiger partial charge in [-0.3, -0.25) is 4.79 Å². The van der Waals surface area contributed by atoms with E-state index in [2.05, 4.69) is 14.9 Å². The largest absolute Gasteiger partial charge is 0.454 e. The van der Waals surface area contributed by atoms with Gasteiger partial charge in [-0.25, -0.2) is 0 Å². The molecule has 1 aliphatic rings. The van der Waals surface area contributed by atoms with E-state index in [1.165, 1.54) is 0 Å². The van der Waals surface area contributed by atoms with E-state index in [0.717, 1.165) is 17.1 Å². The van der Waals surface area contributed by atoms with Crippen molar-refractivity contribution in [3.63, 3.8) is 0 Å². The summed E-state index contributed by atoms with van der Waals surface area (Å²) in [4.78, 5) is 13.0. The molecule has 4 rings (SSSR count). The molecule has 0 spiro atoms. The molecule has 3 aromatic rings. The zero-order valence-corrected chi connectivity index (χ0v) is 13.7. The average Bonchev–Trinajstić information content (AvgIpc) is 3.24. The van der Waals surface area contributed by atoms with Gasteiger partial charge >= 0.3 is 0 Å². The van der Waals surface area contributed by atoms with Gasteiger partial charge in [0.2, 0.25) is 6.79 Å². The van der Waals surface area contributed by atoms with Crippen molar-refractivity contribution in [2.45, 2.75) is 0 Å². The monoisotopic (exact) mass is 359 g/mol. The number of rotatable bonds is 3. The molecule has 6 nitrogen and oxygen atoms in total. The number of benzene rings is 2. The minimum Gasteiger partial charge on any atom is -0.454 e. The SMILES string of the molecule is O=C(Nc1ccc2c(c1)OCO2)c1snnc1-c1ccc(Cl)cc1. The highest BCUT2D eigenvalue weighted by molar-refractivity contribution is 7.08. The summed E-state index contributed by atoms with van der Waals surface area (Å²) in [5.74, 6) is 0.983. The summed E-state index contributed by atoms with van der Waals surface area (Å²) in [6, 6.07) is 12.3.